The highest BCUT2D eigenvalue weighted by atomic mass is 35.5. The van der Waals surface area contributed by atoms with E-state index in [0.717, 1.165) is 48.9 Å². The summed E-state index contributed by atoms with van der Waals surface area (Å²) >= 11 is 5.89. The Kier molecular flexibility index (Phi) is 7.95. The van der Waals surface area contributed by atoms with Crippen LogP contribution >= 0.6 is 11.6 Å². The topological polar surface area (TPSA) is 17.1 Å². The fourth-order valence-corrected chi connectivity index (χ4v) is 5.26. The summed E-state index contributed by atoms with van der Waals surface area (Å²) < 4.78 is 50.4. The molecule has 160 valence electrons. The van der Waals surface area contributed by atoms with Gasteiger partial charge in [0.25, 0.3) is 0 Å². The van der Waals surface area contributed by atoms with Gasteiger partial charge in [0, 0.05) is 26.8 Å². The average Bonchev–Trinajstić information content (AvgIpc) is 2.73. The van der Waals surface area contributed by atoms with Gasteiger partial charge in [0.1, 0.15) is 0 Å². The van der Waals surface area contributed by atoms with Crippen molar-refractivity contribution in [2.75, 3.05) is 0 Å². The minimum Gasteiger partial charge on any atom is -0.259 e. The van der Waals surface area contributed by atoms with Crippen LogP contribution in [0.3, 0.4) is 0 Å². The van der Waals surface area contributed by atoms with Gasteiger partial charge in [-0.2, -0.15) is 13.2 Å². The van der Waals surface area contributed by atoms with Crippen molar-refractivity contribution in [3.63, 3.8) is 0 Å². The van der Waals surface area contributed by atoms with Crippen LogP contribution in [0.2, 0.25) is 5.02 Å². The van der Waals surface area contributed by atoms with Crippen molar-refractivity contribution in [2.24, 2.45) is 5.92 Å². The Balaban J connectivity index is 1.43. The molecule has 0 heterocycles. The lowest BCUT2D eigenvalue weighted by Gasteiger charge is -2.26. The molecule has 30 heavy (non-hydrogen) atoms. The second kappa shape index (κ2) is 10.5. The summed E-state index contributed by atoms with van der Waals surface area (Å²) in [5.74, 6) is 1.02. The summed E-state index contributed by atoms with van der Waals surface area (Å²) in [4.78, 5) is 0. The maximum Gasteiger partial charge on any atom is 0.416 e. The molecule has 0 amide bonds. The highest BCUT2D eigenvalue weighted by Crippen LogP contribution is 2.30. The molecule has 0 N–H and O–H groups in total. The minimum atomic E-state index is -4.31. The van der Waals surface area contributed by atoms with Gasteiger partial charge in [-0.25, -0.2) is 0 Å². The Morgan fingerprint density at radius 2 is 1.57 bits per heavy atom. The molecule has 1 aliphatic carbocycles. The van der Waals surface area contributed by atoms with Crippen LogP contribution in [-0.4, -0.2) is 9.46 Å². The Bertz CT molecular complexity index is 894. The number of allylic oxidation sites excluding steroid dienone is 3. The number of benzene rings is 2. The van der Waals surface area contributed by atoms with Crippen LogP contribution in [0, 0.1) is 5.92 Å². The van der Waals surface area contributed by atoms with Crippen LogP contribution in [-0.2, 0) is 22.7 Å². The lowest BCUT2D eigenvalue weighted by Crippen LogP contribution is -2.23. The first kappa shape index (κ1) is 22.8. The first-order chi connectivity index (χ1) is 14.3. The molecule has 1 atom stereocenters. The standard InChI is InChI=1S/C24H24ClF3OS/c25-22-13-7-20(8-14-22)17-30(29)23-15-9-19(10-16-23)4-2-1-3-18-5-11-21(12-6-18)24(26,27)28/h1-8,11-14,19,23H,9-10,15-17H2/b3-1+,4-2+/t19?,23?,30-/m1/s1. The van der Waals surface area contributed by atoms with E-state index in [1.165, 1.54) is 12.1 Å². The van der Waals surface area contributed by atoms with Crippen LogP contribution in [0.25, 0.3) is 6.08 Å². The molecule has 0 saturated heterocycles. The number of halogens is 4. The molecule has 1 aliphatic rings. The van der Waals surface area contributed by atoms with E-state index in [1.807, 2.05) is 36.4 Å². The molecule has 0 aliphatic heterocycles. The van der Waals surface area contributed by atoms with Gasteiger partial charge in [-0.1, -0.05) is 60.2 Å². The quantitative estimate of drug-likeness (QED) is 0.416. The van der Waals surface area contributed by atoms with Crippen LogP contribution in [0.15, 0.2) is 66.8 Å². The molecule has 1 saturated carbocycles. The van der Waals surface area contributed by atoms with Gasteiger partial charge in [-0.3, -0.25) is 4.21 Å². The Hall–Kier alpha value is -1.85. The summed E-state index contributed by atoms with van der Waals surface area (Å²) in [6.45, 7) is 0. The van der Waals surface area contributed by atoms with Gasteiger partial charge in [0.2, 0.25) is 0 Å². The third-order valence-corrected chi connectivity index (χ3v) is 7.42. The van der Waals surface area contributed by atoms with Crippen molar-refractivity contribution in [3.8, 4) is 0 Å². The SMILES string of the molecule is O=[S@](Cc1ccc(Cl)cc1)C1CCC(/C=C/C=C/c2ccc(C(F)(F)F)cc2)CC1. The van der Waals surface area contributed by atoms with E-state index in [1.54, 1.807) is 6.08 Å². The van der Waals surface area contributed by atoms with Crippen molar-refractivity contribution in [1.82, 2.24) is 0 Å². The molecular weight excluding hydrogens is 429 g/mol. The normalized spacial score (nSPS) is 21.3. The van der Waals surface area contributed by atoms with Crippen molar-refractivity contribution in [3.05, 3.63) is 88.5 Å². The summed E-state index contributed by atoms with van der Waals surface area (Å²) in [7, 11) is -0.881. The molecule has 0 aromatic heterocycles. The van der Waals surface area contributed by atoms with Crippen LogP contribution in [0.5, 0.6) is 0 Å². The largest absolute Gasteiger partial charge is 0.416 e. The fraction of sp³-hybridized carbons (Fsp3) is 0.333. The maximum atomic E-state index is 12.6. The molecule has 2 aromatic carbocycles. The third kappa shape index (κ3) is 6.85. The van der Waals surface area contributed by atoms with E-state index in [-0.39, 0.29) is 5.25 Å². The van der Waals surface area contributed by atoms with Gasteiger partial charge in [0.05, 0.1) is 5.56 Å². The predicted molar refractivity (Wildman–Crippen MR) is 119 cm³/mol. The van der Waals surface area contributed by atoms with E-state index >= 15 is 0 Å². The summed E-state index contributed by atoms with van der Waals surface area (Å²) in [5.41, 5.74) is 1.14. The van der Waals surface area contributed by atoms with E-state index in [2.05, 4.69) is 6.08 Å². The first-order valence-electron chi connectivity index (χ1n) is 9.95. The highest BCUT2D eigenvalue weighted by molar-refractivity contribution is 7.84. The van der Waals surface area contributed by atoms with Crippen molar-refractivity contribution < 1.29 is 17.4 Å². The van der Waals surface area contributed by atoms with Gasteiger partial charge in [0.15, 0.2) is 0 Å². The maximum absolute atomic E-state index is 12.6. The van der Waals surface area contributed by atoms with Crippen molar-refractivity contribution >= 4 is 28.5 Å². The second-order valence-electron chi connectivity index (χ2n) is 7.55. The van der Waals surface area contributed by atoms with Gasteiger partial charge in [-0.15, -0.1) is 0 Å². The zero-order chi connectivity index (χ0) is 21.6. The van der Waals surface area contributed by atoms with Crippen molar-refractivity contribution in [1.29, 1.82) is 0 Å². The lowest BCUT2D eigenvalue weighted by molar-refractivity contribution is -0.137. The molecular formula is C24H24ClF3OS. The summed E-state index contributed by atoms with van der Waals surface area (Å²) in [6, 6.07) is 12.6. The predicted octanol–water partition coefficient (Wildman–Crippen LogP) is 7.44. The number of hydrogen-bond donors (Lipinski definition) is 0. The zero-order valence-corrected chi connectivity index (χ0v) is 18.0. The number of rotatable bonds is 6. The molecule has 0 radical (unpaired) electrons. The molecule has 3 rings (SSSR count). The third-order valence-electron chi connectivity index (χ3n) is 5.33. The second-order valence-corrected chi connectivity index (χ2v) is 9.71. The molecule has 1 nitrogen and oxygen atoms in total. The Morgan fingerprint density at radius 3 is 2.17 bits per heavy atom. The number of hydrogen-bond acceptors (Lipinski definition) is 1. The summed E-state index contributed by atoms with van der Waals surface area (Å²) in [5, 5.41) is 0.914. The fourth-order valence-electron chi connectivity index (χ4n) is 3.58. The first-order valence-corrected chi connectivity index (χ1v) is 11.7. The summed E-state index contributed by atoms with van der Waals surface area (Å²) in [6.07, 6.45) is 7.32. The van der Waals surface area contributed by atoms with Crippen LogP contribution < -0.4 is 0 Å². The van der Waals surface area contributed by atoms with Gasteiger partial charge < -0.3 is 0 Å². The molecule has 0 unspecified atom stereocenters. The van der Waals surface area contributed by atoms with Gasteiger partial charge in [-0.05, 0) is 67.0 Å². The molecule has 1 fully saturated rings. The minimum absolute atomic E-state index is 0.230. The smallest absolute Gasteiger partial charge is 0.259 e. The molecule has 2 aromatic rings. The van der Waals surface area contributed by atoms with Gasteiger partial charge >= 0.3 is 6.18 Å². The van der Waals surface area contributed by atoms with E-state index < -0.39 is 22.5 Å². The number of alkyl halides is 3. The average molecular weight is 453 g/mol. The van der Waals surface area contributed by atoms with E-state index in [9.17, 15) is 17.4 Å². The highest BCUT2D eigenvalue weighted by Gasteiger charge is 2.29. The molecule has 0 bridgehead atoms. The zero-order valence-electron chi connectivity index (χ0n) is 16.4. The Labute approximate surface area is 183 Å². The molecule has 0 spiro atoms. The van der Waals surface area contributed by atoms with Crippen molar-refractivity contribution in [2.45, 2.75) is 42.9 Å². The lowest BCUT2D eigenvalue weighted by atomic mass is 9.88. The van der Waals surface area contributed by atoms with E-state index in [4.69, 9.17) is 11.6 Å². The molecule has 6 heteroatoms. The van der Waals surface area contributed by atoms with E-state index in [0.29, 0.717) is 16.7 Å². The monoisotopic (exact) mass is 452 g/mol. The van der Waals surface area contributed by atoms with Crippen LogP contribution in [0.4, 0.5) is 13.2 Å². The van der Waals surface area contributed by atoms with Crippen LogP contribution in [0.1, 0.15) is 42.4 Å². The Morgan fingerprint density at radius 1 is 0.933 bits per heavy atom.